The predicted octanol–water partition coefficient (Wildman–Crippen LogP) is 2.10. The molecule has 0 fully saturated rings. The Morgan fingerprint density at radius 3 is 2.86 bits per heavy atom. The fourth-order valence-electron chi connectivity index (χ4n) is 1.18. The van der Waals surface area contributed by atoms with Gasteiger partial charge in [0.05, 0.1) is 10.7 Å². The number of anilines is 2. The molecule has 78 valence electrons. The van der Waals surface area contributed by atoms with Gasteiger partial charge < -0.3 is 16.2 Å². The van der Waals surface area contributed by atoms with Gasteiger partial charge in [-0.2, -0.15) is 0 Å². The average molecular weight is 215 g/mol. The Kier molecular flexibility index (Phi) is 4.04. The normalized spacial score (nSPS) is 12.5. The fraction of sp³-hybridized carbons (Fsp3) is 0.400. The van der Waals surface area contributed by atoms with Crippen molar-refractivity contribution in [1.82, 2.24) is 0 Å². The maximum absolute atomic E-state index is 8.74. The number of aliphatic hydroxyl groups is 1. The van der Waals surface area contributed by atoms with E-state index in [4.69, 9.17) is 22.4 Å². The first kappa shape index (κ1) is 11.1. The van der Waals surface area contributed by atoms with Crippen LogP contribution in [0.4, 0.5) is 11.4 Å². The van der Waals surface area contributed by atoms with E-state index in [0.717, 1.165) is 5.69 Å². The molecule has 3 nitrogen and oxygen atoms in total. The highest BCUT2D eigenvalue weighted by Crippen LogP contribution is 2.24. The molecule has 0 heterocycles. The second kappa shape index (κ2) is 5.08. The lowest BCUT2D eigenvalue weighted by Gasteiger charge is -2.15. The second-order valence-electron chi connectivity index (χ2n) is 3.30. The van der Waals surface area contributed by atoms with Crippen LogP contribution in [0.2, 0.25) is 5.02 Å². The van der Waals surface area contributed by atoms with Gasteiger partial charge in [0.25, 0.3) is 0 Å². The summed E-state index contributed by atoms with van der Waals surface area (Å²) in [4.78, 5) is 0. The van der Waals surface area contributed by atoms with Gasteiger partial charge in [-0.3, -0.25) is 0 Å². The number of benzene rings is 1. The number of hydrogen-bond acceptors (Lipinski definition) is 3. The van der Waals surface area contributed by atoms with Crippen LogP contribution in [0.25, 0.3) is 0 Å². The SMILES string of the molecule is CC(CCO)Nc1ccc(N)cc1Cl. The lowest BCUT2D eigenvalue weighted by atomic mass is 10.2. The lowest BCUT2D eigenvalue weighted by Crippen LogP contribution is -2.16. The molecule has 14 heavy (non-hydrogen) atoms. The molecule has 0 aliphatic carbocycles. The molecule has 1 aromatic carbocycles. The van der Waals surface area contributed by atoms with Crippen LogP contribution < -0.4 is 11.1 Å². The lowest BCUT2D eigenvalue weighted by molar-refractivity contribution is 0.282. The third kappa shape index (κ3) is 3.09. The van der Waals surface area contributed by atoms with Crippen LogP contribution in [0.15, 0.2) is 18.2 Å². The quantitative estimate of drug-likeness (QED) is 0.673. The van der Waals surface area contributed by atoms with Crippen LogP contribution in [-0.4, -0.2) is 17.8 Å². The molecule has 1 atom stereocenters. The average Bonchev–Trinajstić information content (AvgIpc) is 2.10. The summed E-state index contributed by atoms with van der Waals surface area (Å²) in [6.45, 7) is 2.16. The van der Waals surface area contributed by atoms with Crippen molar-refractivity contribution < 1.29 is 5.11 Å². The van der Waals surface area contributed by atoms with E-state index < -0.39 is 0 Å². The van der Waals surface area contributed by atoms with Crippen molar-refractivity contribution in [3.8, 4) is 0 Å². The molecule has 0 amide bonds. The Hall–Kier alpha value is -0.930. The molecule has 0 saturated heterocycles. The number of nitrogen functional groups attached to an aromatic ring is 1. The molecular weight excluding hydrogens is 200 g/mol. The summed E-state index contributed by atoms with van der Waals surface area (Å²) in [6.07, 6.45) is 0.695. The summed E-state index contributed by atoms with van der Waals surface area (Å²) in [5, 5.41) is 12.5. The molecule has 0 aliphatic heterocycles. The molecule has 0 spiro atoms. The number of hydrogen-bond donors (Lipinski definition) is 3. The van der Waals surface area contributed by atoms with Crippen molar-refractivity contribution in [2.75, 3.05) is 17.7 Å². The van der Waals surface area contributed by atoms with Gasteiger partial charge in [0.1, 0.15) is 0 Å². The third-order valence-electron chi connectivity index (χ3n) is 1.96. The van der Waals surface area contributed by atoms with Crippen LogP contribution in [-0.2, 0) is 0 Å². The van der Waals surface area contributed by atoms with E-state index in [-0.39, 0.29) is 12.6 Å². The van der Waals surface area contributed by atoms with E-state index in [1.807, 2.05) is 13.0 Å². The first-order valence-electron chi connectivity index (χ1n) is 4.56. The van der Waals surface area contributed by atoms with Crippen LogP contribution in [0.5, 0.6) is 0 Å². The Morgan fingerprint density at radius 1 is 1.57 bits per heavy atom. The highest BCUT2D eigenvalue weighted by molar-refractivity contribution is 6.33. The molecule has 4 heteroatoms. The van der Waals surface area contributed by atoms with Crippen molar-refractivity contribution in [1.29, 1.82) is 0 Å². The highest BCUT2D eigenvalue weighted by Gasteiger charge is 2.04. The summed E-state index contributed by atoms with van der Waals surface area (Å²) in [6, 6.07) is 5.53. The Balaban J connectivity index is 2.67. The van der Waals surface area contributed by atoms with Crippen LogP contribution in [0, 0.1) is 0 Å². The topological polar surface area (TPSA) is 58.3 Å². The minimum absolute atomic E-state index is 0.167. The zero-order chi connectivity index (χ0) is 10.6. The number of aliphatic hydroxyl groups excluding tert-OH is 1. The smallest absolute Gasteiger partial charge is 0.0658 e. The summed E-state index contributed by atoms with van der Waals surface area (Å²) >= 11 is 5.97. The zero-order valence-corrected chi connectivity index (χ0v) is 8.88. The van der Waals surface area contributed by atoms with Gasteiger partial charge >= 0.3 is 0 Å². The minimum atomic E-state index is 0.167. The molecule has 0 aromatic heterocycles. The van der Waals surface area contributed by atoms with Gasteiger partial charge in [-0.05, 0) is 31.5 Å². The van der Waals surface area contributed by atoms with E-state index in [9.17, 15) is 0 Å². The van der Waals surface area contributed by atoms with Gasteiger partial charge in [0, 0.05) is 18.3 Å². The van der Waals surface area contributed by atoms with Crippen LogP contribution >= 0.6 is 11.6 Å². The Morgan fingerprint density at radius 2 is 2.29 bits per heavy atom. The molecule has 0 aliphatic rings. The van der Waals surface area contributed by atoms with Crippen molar-refractivity contribution in [3.05, 3.63) is 23.2 Å². The van der Waals surface area contributed by atoms with Gasteiger partial charge in [0.15, 0.2) is 0 Å². The van der Waals surface area contributed by atoms with Crippen molar-refractivity contribution >= 4 is 23.0 Å². The minimum Gasteiger partial charge on any atom is -0.399 e. The van der Waals surface area contributed by atoms with E-state index in [1.54, 1.807) is 12.1 Å². The monoisotopic (exact) mass is 214 g/mol. The first-order valence-corrected chi connectivity index (χ1v) is 4.93. The second-order valence-corrected chi connectivity index (χ2v) is 3.70. The van der Waals surface area contributed by atoms with Crippen LogP contribution in [0.3, 0.4) is 0 Å². The van der Waals surface area contributed by atoms with Crippen LogP contribution in [0.1, 0.15) is 13.3 Å². The molecule has 4 N–H and O–H groups in total. The van der Waals surface area contributed by atoms with Crippen molar-refractivity contribution in [2.24, 2.45) is 0 Å². The summed E-state index contributed by atoms with van der Waals surface area (Å²) < 4.78 is 0. The first-order chi connectivity index (χ1) is 6.63. The van der Waals surface area contributed by atoms with E-state index in [2.05, 4.69) is 5.32 Å². The summed E-state index contributed by atoms with van der Waals surface area (Å²) in [5.41, 5.74) is 7.06. The number of rotatable bonds is 4. The summed E-state index contributed by atoms with van der Waals surface area (Å²) in [5.74, 6) is 0. The number of nitrogens with two attached hydrogens (primary N) is 1. The molecule has 1 rings (SSSR count). The van der Waals surface area contributed by atoms with Gasteiger partial charge in [-0.25, -0.2) is 0 Å². The molecular formula is C10H15ClN2O. The molecule has 1 aromatic rings. The zero-order valence-electron chi connectivity index (χ0n) is 8.13. The van der Waals surface area contributed by atoms with Gasteiger partial charge in [-0.1, -0.05) is 11.6 Å². The molecule has 0 bridgehead atoms. The van der Waals surface area contributed by atoms with Gasteiger partial charge in [-0.15, -0.1) is 0 Å². The van der Waals surface area contributed by atoms with E-state index in [1.165, 1.54) is 0 Å². The maximum Gasteiger partial charge on any atom is 0.0658 e. The van der Waals surface area contributed by atoms with Crippen molar-refractivity contribution in [2.45, 2.75) is 19.4 Å². The van der Waals surface area contributed by atoms with Crippen molar-refractivity contribution in [3.63, 3.8) is 0 Å². The highest BCUT2D eigenvalue weighted by atomic mass is 35.5. The third-order valence-corrected chi connectivity index (χ3v) is 2.27. The largest absolute Gasteiger partial charge is 0.399 e. The Bertz CT molecular complexity index is 304. The Labute approximate surface area is 88.9 Å². The number of nitrogens with one attached hydrogen (secondary N) is 1. The molecule has 0 radical (unpaired) electrons. The van der Waals surface area contributed by atoms with Gasteiger partial charge in [0.2, 0.25) is 0 Å². The van der Waals surface area contributed by atoms with E-state index in [0.29, 0.717) is 17.1 Å². The van der Waals surface area contributed by atoms with E-state index >= 15 is 0 Å². The summed E-state index contributed by atoms with van der Waals surface area (Å²) in [7, 11) is 0. The molecule has 1 unspecified atom stereocenters. The predicted molar refractivity (Wildman–Crippen MR) is 60.7 cm³/mol. The fourth-order valence-corrected chi connectivity index (χ4v) is 1.42. The number of halogens is 1. The molecule has 0 saturated carbocycles. The maximum atomic E-state index is 8.74. The standard InChI is InChI=1S/C10H15ClN2O/c1-7(4-5-14)13-10-3-2-8(12)6-9(10)11/h2-3,6-7,13-14H,4-5,12H2,1H3.